The molecule has 3 rings (SSSR count). The van der Waals surface area contributed by atoms with E-state index in [-0.39, 0.29) is 17.3 Å². The molecule has 0 aliphatic rings. The van der Waals surface area contributed by atoms with Crippen LogP contribution in [-0.2, 0) is 9.59 Å². The second-order valence-electron chi connectivity index (χ2n) is 7.34. The van der Waals surface area contributed by atoms with Gasteiger partial charge in [0.1, 0.15) is 11.5 Å². The zero-order chi connectivity index (χ0) is 25.4. The molecule has 7 nitrogen and oxygen atoms in total. The van der Waals surface area contributed by atoms with E-state index < -0.39 is 29.8 Å². The highest BCUT2D eigenvalue weighted by molar-refractivity contribution is 7.81. The topological polar surface area (TPSA) is 91.5 Å². The van der Waals surface area contributed by atoms with E-state index in [1.165, 1.54) is 12.1 Å². The first-order valence-corrected chi connectivity index (χ1v) is 11.2. The van der Waals surface area contributed by atoms with Gasteiger partial charge in [-0.2, -0.15) is 12.6 Å². The van der Waals surface area contributed by atoms with Crippen molar-refractivity contribution in [3.8, 4) is 5.75 Å². The van der Waals surface area contributed by atoms with Gasteiger partial charge < -0.3 is 15.4 Å². The molecule has 0 spiro atoms. The Morgan fingerprint density at radius 1 is 0.943 bits per heavy atom. The molecule has 0 saturated heterocycles. The molecule has 0 heterocycles. The smallest absolute Gasteiger partial charge is 0.406 e. The number of thiocarbonyl (C=S) groups is 1. The lowest BCUT2D eigenvalue weighted by atomic mass is 10.1. The fourth-order valence-electron chi connectivity index (χ4n) is 3.06. The summed E-state index contributed by atoms with van der Waals surface area (Å²) in [4.78, 5) is 24.2. The lowest BCUT2D eigenvalue weighted by molar-refractivity contribution is -0.274. The van der Waals surface area contributed by atoms with Crippen LogP contribution in [0.1, 0.15) is 12.8 Å². The van der Waals surface area contributed by atoms with Crippen molar-refractivity contribution in [1.29, 1.82) is 0 Å². The third kappa shape index (κ3) is 8.98. The van der Waals surface area contributed by atoms with Crippen LogP contribution in [0.2, 0.25) is 0 Å². The third-order valence-corrected chi connectivity index (χ3v) is 5.04. The van der Waals surface area contributed by atoms with E-state index in [2.05, 4.69) is 38.9 Å². The second-order valence-corrected chi connectivity index (χ2v) is 8.37. The van der Waals surface area contributed by atoms with Crippen LogP contribution in [0.4, 0.5) is 24.5 Å². The van der Waals surface area contributed by atoms with Crippen molar-refractivity contribution in [3.63, 3.8) is 0 Å². The first-order chi connectivity index (χ1) is 16.6. The molecule has 12 heteroatoms. The fraction of sp³-hybridized carbons (Fsp3) is 0.174. The number of hydrazine groups is 1. The summed E-state index contributed by atoms with van der Waals surface area (Å²) in [5.74, 6) is -1.36. The number of hydrogen-bond acceptors (Lipinski definition) is 6. The average Bonchev–Trinajstić information content (AvgIpc) is 2.78. The Balaban J connectivity index is 1.38. The van der Waals surface area contributed by atoms with E-state index in [0.29, 0.717) is 5.69 Å². The van der Waals surface area contributed by atoms with Gasteiger partial charge in [0.2, 0.25) is 5.91 Å². The summed E-state index contributed by atoms with van der Waals surface area (Å²) in [5, 5.41) is 7.39. The van der Waals surface area contributed by atoms with Crippen molar-refractivity contribution >= 4 is 63.8 Å². The Kier molecular flexibility index (Phi) is 8.77. The highest BCUT2D eigenvalue weighted by Crippen LogP contribution is 2.24. The quantitative estimate of drug-likeness (QED) is 0.0957. The zero-order valence-corrected chi connectivity index (χ0v) is 19.8. The van der Waals surface area contributed by atoms with Gasteiger partial charge in [-0.05, 0) is 59.4 Å². The molecule has 184 valence electrons. The van der Waals surface area contributed by atoms with Gasteiger partial charge in [0, 0.05) is 17.8 Å². The number of thiol groups is 1. The van der Waals surface area contributed by atoms with Gasteiger partial charge in [-0.25, -0.2) is 0 Å². The number of Topliss-reactive ketones (excluding diaryl/α,β-unsaturated/α-hetero) is 1. The summed E-state index contributed by atoms with van der Waals surface area (Å²) < 4.78 is 40.4. The first kappa shape index (κ1) is 26.1. The molecule has 1 amide bonds. The van der Waals surface area contributed by atoms with Gasteiger partial charge in [-0.15, -0.1) is 13.2 Å². The number of ether oxygens (including phenoxy) is 1. The lowest BCUT2D eigenvalue weighted by Crippen LogP contribution is -2.44. The van der Waals surface area contributed by atoms with E-state index in [0.717, 1.165) is 28.6 Å². The van der Waals surface area contributed by atoms with E-state index in [1.807, 2.05) is 42.5 Å². The number of carbonyl (C=O) groups excluding carboxylic acids is 2. The predicted molar refractivity (Wildman–Crippen MR) is 135 cm³/mol. The number of carbonyl (C=O) groups is 2. The van der Waals surface area contributed by atoms with Crippen LogP contribution in [0, 0.1) is 0 Å². The van der Waals surface area contributed by atoms with Crippen LogP contribution in [0.15, 0.2) is 66.7 Å². The Bertz CT molecular complexity index is 1210. The van der Waals surface area contributed by atoms with Gasteiger partial charge in [-0.1, -0.05) is 30.3 Å². The fourth-order valence-corrected chi connectivity index (χ4v) is 3.58. The molecule has 1 unspecified atom stereocenters. The number of nitrogens with one attached hydrogen (secondary N) is 4. The number of anilines is 2. The molecular formula is C23H21F3N4O3S2. The predicted octanol–water partition coefficient (Wildman–Crippen LogP) is 4.77. The Morgan fingerprint density at radius 3 is 2.29 bits per heavy atom. The van der Waals surface area contributed by atoms with Gasteiger partial charge in [0.05, 0.1) is 11.8 Å². The number of amides is 1. The average molecular weight is 523 g/mol. The number of hydrogen-bond donors (Lipinski definition) is 5. The molecule has 0 saturated carbocycles. The number of ketones is 1. The van der Waals surface area contributed by atoms with Crippen molar-refractivity contribution < 1.29 is 27.5 Å². The highest BCUT2D eigenvalue weighted by Gasteiger charge is 2.31. The Labute approximate surface area is 209 Å². The summed E-state index contributed by atoms with van der Waals surface area (Å²) in [6.45, 7) is 0. The number of alkyl halides is 3. The van der Waals surface area contributed by atoms with Gasteiger partial charge in [-0.3, -0.25) is 20.4 Å². The summed E-state index contributed by atoms with van der Waals surface area (Å²) in [6.07, 6.45) is -5.29. The normalized spacial score (nSPS) is 11.9. The molecule has 3 aromatic carbocycles. The van der Waals surface area contributed by atoms with Gasteiger partial charge in [0.25, 0.3) is 0 Å². The monoisotopic (exact) mass is 522 g/mol. The second kappa shape index (κ2) is 11.8. The van der Waals surface area contributed by atoms with Crippen molar-refractivity contribution in [2.24, 2.45) is 0 Å². The van der Waals surface area contributed by atoms with E-state index in [9.17, 15) is 22.8 Å². The third-order valence-electron chi connectivity index (χ3n) is 4.52. The zero-order valence-electron chi connectivity index (χ0n) is 18.1. The number of benzene rings is 3. The van der Waals surface area contributed by atoms with Crippen molar-refractivity contribution in [2.75, 3.05) is 10.6 Å². The molecule has 1 atom stereocenters. The Morgan fingerprint density at radius 2 is 1.60 bits per heavy atom. The van der Waals surface area contributed by atoms with E-state index in [1.54, 1.807) is 0 Å². The summed E-state index contributed by atoms with van der Waals surface area (Å²) in [7, 11) is 0. The minimum atomic E-state index is -4.78. The molecule has 0 fully saturated rings. The van der Waals surface area contributed by atoms with Gasteiger partial charge in [0.15, 0.2) is 5.11 Å². The molecule has 35 heavy (non-hydrogen) atoms. The maximum absolute atomic E-state index is 12.2. The summed E-state index contributed by atoms with van der Waals surface area (Å²) in [6, 6.07) is 18.5. The lowest BCUT2D eigenvalue weighted by Gasteiger charge is -2.15. The van der Waals surface area contributed by atoms with Crippen LogP contribution in [0.3, 0.4) is 0 Å². The Hall–Kier alpha value is -3.51. The first-order valence-electron chi connectivity index (χ1n) is 10.2. The minimum Gasteiger partial charge on any atom is -0.406 e. The molecule has 0 aliphatic carbocycles. The van der Waals surface area contributed by atoms with Crippen LogP contribution in [0.25, 0.3) is 10.8 Å². The molecule has 0 bridgehead atoms. The molecule has 0 aromatic heterocycles. The number of halogens is 3. The molecule has 3 aromatic rings. The van der Waals surface area contributed by atoms with Crippen molar-refractivity contribution in [1.82, 2.24) is 10.9 Å². The molecular weight excluding hydrogens is 501 g/mol. The molecule has 4 N–H and O–H groups in total. The standard InChI is InChI=1S/C23H21F3N4O3S2/c24-23(25,26)33-19-9-7-16(8-10-19)27-21(34)13-18(31)12-20(32)29-30-22(35)28-17-6-5-14-3-1-2-4-15(14)11-17/h1-11,21,27,34H,12-13H2,(H,29,32)(H2,28,30,35). The van der Waals surface area contributed by atoms with Gasteiger partial charge >= 0.3 is 6.36 Å². The number of fused-ring (bicyclic) bond motifs is 1. The minimum absolute atomic E-state index is 0.100. The largest absolute Gasteiger partial charge is 0.573 e. The van der Waals surface area contributed by atoms with E-state index in [4.69, 9.17) is 12.2 Å². The van der Waals surface area contributed by atoms with Crippen molar-refractivity contribution in [3.05, 3.63) is 66.7 Å². The summed E-state index contributed by atoms with van der Waals surface area (Å²) in [5.41, 5.74) is 6.06. The van der Waals surface area contributed by atoms with Crippen LogP contribution < -0.4 is 26.2 Å². The maximum Gasteiger partial charge on any atom is 0.573 e. The maximum atomic E-state index is 12.2. The SMILES string of the molecule is O=C(CC(=O)NNC(=S)Nc1ccc2ccccc2c1)CC(S)Nc1ccc(OC(F)(F)F)cc1. The van der Waals surface area contributed by atoms with Crippen LogP contribution in [0.5, 0.6) is 5.75 Å². The van der Waals surface area contributed by atoms with Crippen LogP contribution >= 0.6 is 24.8 Å². The van der Waals surface area contributed by atoms with E-state index >= 15 is 0 Å². The highest BCUT2D eigenvalue weighted by atomic mass is 32.1. The number of rotatable bonds is 8. The van der Waals surface area contributed by atoms with Crippen LogP contribution in [-0.4, -0.2) is 28.5 Å². The molecule has 0 radical (unpaired) electrons. The summed E-state index contributed by atoms with van der Waals surface area (Å²) >= 11 is 9.40. The van der Waals surface area contributed by atoms with Crippen molar-refractivity contribution in [2.45, 2.75) is 24.6 Å². The molecule has 0 aliphatic heterocycles.